The van der Waals surface area contributed by atoms with Crippen LogP contribution in [0.3, 0.4) is 0 Å². The third-order valence-corrected chi connectivity index (χ3v) is 20.3. The first-order valence-corrected chi connectivity index (χ1v) is 43.2. The number of ether oxygens (including phenoxy) is 4. The van der Waals surface area contributed by atoms with Gasteiger partial charge in [0.2, 0.25) is 0 Å². The Morgan fingerprint density at radius 3 is 0.732 bits per heavy atom. The molecule has 0 aromatic carbocycles. The second-order valence-electron chi connectivity index (χ2n) is 29.8. The highest BCUT2D eigenvalue weighted by Crippen LogP contribution is 2.45. The molecule has 6 atom stereocenters. The Balaban J connectivity index is 5.18. The first-order chi connectivity index (χ1) is 46.6. The number of hydrogen-bond donors (Lipinski definition) is 3. The SMILES string of the molecule is CCC(C)CCCCCCCCCCCCCCCCCCCCC(=O)O[C@H](COC(=O)CCCCCCCCCCCCCCCC(C)C)COP(=O)(O)OC[C@@H](O)COP(=O)(O)OC[C@@H](COC(=O)CCCCCCCCC(C)C)OC(=O)CCCCCCCCCC(C)C. The molecule has 19 heteroatoms. The molecule has 0 saturated heterocycles. The van der Waals surface area contributed by atoms with Crippen LogP contribution >= 0.6 is 15.6 Å². The zero-order chi connectivity index (χ0) is 71.7. The lowest BCUT2D eigenvalue weighted by Crippen LogP contribution is -2.30. The summed E-state index contributed by atoms with van der Waals surface area (Å²) in [5.41, 5.74) is 0. The van der Waals surface area contributed by atoms with Crippen molar-refractivity contribution in [1.82, 2.24) is 0 Å². The summed E-state index contributed by atoms with van der Waals surface area (Å²) in [7, 11) is -9.91. The number of phosphoric ester groups is 2. The number of aliphatic hydroxyl groups is 1. The highest BCUT2D eigenvalue weighted by Gasteiger charge is 2.30. The van der Waals surface area contributed by atoms with E-state index in [0.29, 0.717) is 37.5 Å². The molecule has 3 unspecified atom stereocenters. The molecule has 0 fully saturated rings. The number of phosphoric acid groups is 2. The van der Waals surface area contributed by atoms with E-state index in [9.17, 15) is 43.2 Å². The number of carbonyl (C=O) groups is 4. The fourth-order valence-electron chi connectivity index (χ4n) is 11.9. The minimum atomic E-state index is -4.96. The number of esters is 4. The standard InChI is InChI=1S/C78H152O17P2/c1-9-71(8)57-49-41-32-26-22-18-14-12-10-11-13-15-19-24-28-34-44-52-60-77(82)94-73(64-88-75(80)58-50-42-33-27-23-20-16-17-21-25-30-38-46-54-68(2)3)66-92-96(84,85)90-62-72(79)63-91-97(86,87)93-67-74(65-89-76(81)59-51-43-37-36-40-48-56-70(6)7)95-78(83)61-53-45-35-29-31-39-47-55-69(4)5/h68-74,79H,9-67H2,1-8H3,(H,84,85)(H,86,87)/t71?,72-,73-,74-/m1/s1. The number of unbranched alkanes of at least 4 members (excludes halogenated alkanes) is 40. The molecule has 17 nitrogen and oxygen atoms in total. The van der Waals surface area contributed by atoms with Crippen molar-refractivity contribution in [3.05, 3.63) is 0 Å². The highest BCUT2D eigenvalue weighted by atomic mass is 31.2. The summed E-state index contributed by atoms with van der Waals surface area (Å²) in [4.78, 5) is 72.8. The molecule has 0 aliphatic rings. The van der Waals surface area contributed by atoms with Crippen LogP contribution in [0.2, 0.25) is 0 Å². The van der Waals surface area contributed by atoms with Gasteiger partial charge >= 0.3 is 39.5 Å². The van der Waals surface area contributed by atoms with Crippen LogP contribution in [-0.4, -0.2) is 96.7 Å². The quantitative estimate of drug-likeness (QED) is 0.0222. The second-order valence-corrected chi connectivity index (χ2v) is 32.7. The van der Waals surface area contributed by atoms with E-state index in [2.05, 4.69) is 55.4 Å². The van der Waals surface area contributed by atoms with Crippen LogP contribution in [0.15, 0.2) is 0 Å². The molecule has 0 spiro atoms. The summed E-state index contributed by atoms with van der Waals surface area (Å²) in [5.74, 6) is 0.914. The van der Waals surface area contributed by atoms with Crippen LogP contribution in [0.1, 0.15) is 396 Å². The van der Waals surface area contributed by atoms with E-state index in [0.717, 1.165) is 108 Å². The Labute approximate surface area is 594 Å². The maximum Gasteiger partial charge on any atom is 0.472 e. The van der Waals surface area contributed by atoms with E-state index in [1.54, 1.807) is 0 Å². The number of carbonyl (C=O) groups excluding carboxylic acids is 4. The van der Waals surface area contributed by atoms with E-state index < -0.39 is 97.5 Å². The smallest absolute Gasteiger partial charge is 0.462 e. The topological polar surface area (TPSA) is 237 Å². The van der Waals surface area contributed by atoms with Crippen molar-refractivity contribution in [1.29, 1.82) is 0 Å². The Bertz CT molecular complexity index is 1900. The molecule has 3 N–H and O–H groups in total. The van der Waals surface area contributed by atoms with Gasteiger partial charge in [0.05, 0.1) is 26.4 Å². The highest BCUT2D eigenvalue weighted by molar-refractivity contribution is 7.47. The van der Waals surface area contributed by atoms with E-state index in [1.807, 2.05) is 0 Å². The zero-order valence-electron chi connectivity index (χ0n) is 63.7. The lowest BCUT2D eigenvalue weighted by Gasteiger charge is -2.21. The minimum absolute atomic E-state index is 0.102. The summed E-state index contributed by atoms with van der Waals surface area (Å²) in [6.07, 6.45) is 53.1. The van der Waals surface area contributed by atoms with E-state index in [4.69, 9.17) is 37.0 Å². The Morgan fingerprint density at radius 1 is 0.289 bits per heavy atom. The molecule has 576 valence electrons. The van der Waals surface area contributed by atoms with Crippen LogP contribution in [0.4, 0.5) is 0 Å². The lowest BCUT2D eigenvalue weighted by molar-refractivity contribution is -0.161. The summed E-state index contributed by atoms with van der Waals surface area (Å²) >= 11 is 0. The van der Waals surface area contributed by atoms with Gasteiger partial charge in [0.1, 0.15) is 19.3 Å². The monoisotopic (exact) mass is 1420 g/mol. The maximum atomic E-state index is 13.1. The number of rotatable bonds is 75. The predicted octanol–water partition coefficient (Wildman–Crippen LogP) is 22.8. The van der Waals surface area contributed by atoms with Gasteiger partial charge in [-0.15, -0.1) is 0 Å². The largest absolute Gasteiger partial charge is 0.472 e. The van der Waals surface area contributed by atoms with Gasteiger partial charge in [-0.1, -0.05) is 344 Å². The lowest BCUT2D eigenvalue weighted by atomic mass is 9.99. The number of hydrogen-bond acceptors (Lipinski definition) is 15. The fourth-order valence-corrected chi connectivity index (χ4v) is 13.5. The van der Waals surface area contributed by atoms with Crippen molar-refractivity contribution < 1.29 is 80.2 Å². The molecule has 0 rings (SSSR count). The van der Waals surface area contributed by atoms with Crippen LogP contribution < -0.4 is 0 Å². The molecule has 97 heavy (non-hydrogen) atoms. The zero-order valence-corrected chi connectivity index (χ0v) is 65.5. The van der Waals surface area contributed by atoms with Gasteiger partial charge in [-0.3, -0.25) is 37.3 Å². The third kappa shape index (κ3) is 70.9. The minimum Gasteiger partial charge on any atom is -0.462 e. The molecular formula is C78H152O17P2. The Kier molecular flexibility index (Phi) is 65.9. The van der Waals surface area contributed by atoms with Crippen LogP contribution in [-0.2, 0) is 65.4 Å². The normalized spacial score (nSPS) is 14.4. The molecule has 0 heterocycles. The summed E-state index contributed by atoms with van der Waals surface area (Å²) in [5, 5.41) is 10.6. The summed E-state index contributed by atoms with van der Waals surface area (Å²) in [6, 6.07) is 0. The van der Waals surface area contributed by atoms with Crippen LogP contribution in [0.25, 0.3) is 0 Å². The maximum absolute atomic E-state index is 13.1. The average Bonchev–Trinajstić information content (AvgIpc) is 1.22. The molecule has 0 saturated carbocycles. The van der Waals surface area contributed by atoms with Gasteiger partial charge in [0.25, 0.3) is 0 Å². The van der Waals surface area contributed by atoms with Gasteiger partial charge in [0.15, 0.2) is 12.2 Å². The van der Waals surface area contributed by atoms with Crippen molar-refractivity contribution >= 4 is 39.5 Å². The number of aliphatic hydroxyl groups excluding tert-OH is 1. The molecule has 0 radical (unpaired) electrons. The summed E-state index contributed by atoms with van der Waals surface area (Å²) in [6.45, 7) is 14.1. The van der Waals surface area contributed by atoms with Gasteiger partial charge < -0.3 is 33.8 Å². The summed E-state index contributed by atoms with van der Waals surface area (Å²) < 4.78 is 68.5. The van der Waals surface area contributed by atoms with Gasteiger partial charge in [0, 0.05) is 25.7 Å². The Morgan fingerprint density at radius 2 is 0.495 bits per heavy atom. The van der Waals surface area contributed by atoms with Crippen LogP contribution in [0.5, 0.6) is 0 Å². The molecule has 0 bridgehead atoms. The van der Waals surface area contributed by atoms with E-state index >= 15 is 0 Å². The van der Waals surface area contributed by atoms with Crippen molar-refractivity contribution in [3.63, 3.8) is 0 Å². The second kappa shape index (κ2) is 67.2. The predicted molar refractivity (Wildman–Crippen MR) is 395 cm³/mol. The molecule has 0 amide bonds. The van der Waals surface area contributed by atoms with Crippen LogP contribution in [0, 0.1) is 23.7 Å². The van der Waals surface area contributed by atoms with Gasteiger partial charge in [-0.05, 0) is 49.4 Å². The molecule has 0 aromatic rings. The Hall–Kier alpha value is -1.94. The van der Waals surface area contributed by atoms with E-state index in [1.165, 1.54) is 193 Å². The fraction of sp³-hybridized carbons (Fsp3) is 0.949. The molecule has 0 aromatic heterocycles. The molecular weight excluding hydrogens is 1270 g/mol. The molecule has 0 aliphatic carbocycles. The molecule has 0 aliphatic heterocycles. The third-order valence-electron chi connectivity index (χ3n) is 18.4. The van der Waals surface area contributed by atoms with Gasteiger partial charge in [-0.25, -0.2) is 9.13 Å². The van der Waals surface area contributed by atoms with Crippen molar-refractivity contribution in [2.45, 2.75) is 414 Å². The van der Waals surface area contributed by atoms with E-state index in [-0.39, 0.29) is 25.7 Å². The van der Waals surface area contributed by atoms with Crippen molar-refractivity contribution in [2.24, 2.45) is 23.7 Å². The first-order valence-electron chi connectivity index (χ1n) is 40.2. The first kappa shape index (κ1) is 95.1. The van der Waals surface area contributed by atoms with Gasteiger partial charge in [-0.2, -0.15) is 0 Å². The van der Waals surface area contributed by atoms with Crippen molar-refractivity contribution in [3.8, 4) is 0 Å². The average molecular weight is 1420 g/mol. The van der Waals surface area contributed by atoms with Crippen molar-refractivity contribution in [2.75, 3.05) is 39.6 Å².